The lowest BCUT2D eigenvalue weighted by molar-refractivity contribution is -0.303. The Bertz CT molecular complexity index is 1310. The van der Waals surface area contributed by atoms with Crippen molar-refractivity contribution in [2.75, 3.05) is 10.6 Å². The van der Waals surface area contributed by atoms with Gasteiger partial charge in [-0.3, -0.25) is 9.59 Å². The minimum atomic E-state index is -4.78. The number of hydrogen-bond donors (Lipinski definition) is 2. The predicted molar refractivity (Wildman–Crippen MR) is 133 cm³/mol. The van der Waals surface area contributed by atoms with Crippen molar-refractivity contribution in [2.24, 2.45) is 5.92 Å². The summed E-state index contributed by atoms with van der Waals surface area (Å²) in [4.78, 5) is 24.3. The molecule has 1 aliphatic carbocycles. The number of halogens is 3. The summed E-state index contributed by atoms with van der Waals surface area (Å²) in [5, 5.41) is 26.5. The van der Waals surface area contributed by atoms with E-state index < -0.39 is 12.3 Å². The summed E-state index contributed by atoms with van der Waals surface area (Å²) in [6, 6.07) is 5.01. The van der Waals surface area contributed by atoms with E-state index in [-0.39, 0.29) is 36.2 Å². The number of anilines is 2. The quantitative estimate of drug-likeness (QED) is 0.307. The second kappa shape index (κ2) is 13.1. The van der Waals surface area contributed by atoms with Crippen LogP contribution in [0.4, 0.5) is 24.1 Å². The topological polar surface area (TPSA) is 145 Å². The molecule has 15 heteroatoms. The molecule has 2 amide bonds. The van der Waals surface area contributed by atoms with Gasteiger partial charge < -0.3 is 19.9 Å². The lowest BCUT2D eigenvalue weighted by atomic mass is 9.96. The number of nitrogens with zero attached hydrogens (tertiary/aromatic N) is 5. The Morgan fingerprint density at radius 3 is 2.62 bits per heavy atom. The zero-order valence-electron chi connectivity index (χ0n) is 20.5. The second-order valence-electron chi connectivity index (χ2n) is 8.60. The minimum Gasteiger partial charge on any atom is -0.406 e. The van der Waals surface area contributed by atoms with E-state index in [4.69, 9.17) is 4.52 Å². The Kier molecular flexibility index (Phi) is 9.35. The van der Waals surface area contributed by atoms with Crippen LogP contribution >= 0.6 is 11.3 Å². The number of ether oxygens (including phenoxy) is 1. The fourth-order valence-electron chi connectivity index (χ4n) is 3.69. The van der Waals surface area contributed by atoms with Crippen molar-refractivity contribution in [3.8, 4) is 0 Å². The minimum absolute atomic E-state index is 0.0168. The molecule has 11 nitrogen and oxygen atoms in total. The molecule has 206 valence electrons. The van der Waals surface area contributed by atoms with Crippen molar-refractivity contribution < 1.29 is 32.0 Å². The molecular weight excluding hydrogens is 539 g/mol. The van der Waals surface area contributed by atoms with E-state index in [1.54, 1.807) is 18.2 Å². The summed E-state index contributed by atoms with van der Waals surface area (Å²) in [5.74, 6) is -1.12. The second-order valence-corrected chi connectivity index (χ2v) is 9.66. The lowest BCUT2D eigenvalue weighted by Gasteiger charge is -2.17. The molecule has 1 unspecified atom stereocenters. The molecule has 2 N–H and O–H groups in total. The highest BCUT2D eigenvalue weighted by Gasteiger charge is 2.32. The molecule has 0 aromatic carbocycles. The highest BCUT2D eigenvalue weighted by atomic mass is 32.1. The summed E-state index contributed by atoms with van der Waals surface area (Å²) >= 11 is 1.31. The van der Waals surface area contributed by atoms with Crippen molar-refractivity contribution >= 4 is 34.1 Å². The van der Waals surface area contributed by atoms with Gasteiger partial charge in [0.15, 0.2) is 5.82 Å². The van der Waals surface area contributed by atoms with Crippen molar-refractivity contribution in [3.63, 3.8) is 0 Å². The Labute approximate surface area is 224 Å². The largest absolute Gasteiger partial charge is 0.573 e. The summed E-state index contributed by atoms with van der Waals surface area (Å²) in [5.41, 5.74) is 1.28. The Morgan fingerprint density at radius 1 is 1.03 bits per heavy atom. The van der Waals surface area contributed by atoms with Crippen LogP contribution in [0.2, 0.25) is 0 Å². The molecule has 4 rings (SSSR count). The van der Waals surface area contributed by atoms with Gasteiger partial charge in [-0.15, -0.1) is 28.5 Å². The summed E-state index contributed by atoms with van der Waals surface area (Å²) < 4.78 is 45.8. The number of rotatable bonds is 12. The van der Waals surface area contributed by atoms with Gasteiger partial charge in [-0.2, -0.15) is 5.10 Å². The number of unbranched alkanes of at least 4 members (excludes halogenated alkanes) is 1. The number of aryl methyl sites for hydroxylation is 2. The van der Waals surface area contributed by atoms with Gasteiger partial charge in [-0.1, -0.05) is 22.6 Å². The lowest BCUT2D eigenvalue weighted by Crippen LogP contribution is -2.19. The maximum Gasteiger partial charge on any atom is 0.573 e. The molecule has 0 spiro atoms. The number of carbonyl (C=O) groups excluding carboxylic acids is 2. The molecule has 0 aliphatic heterocycles. The molecule has 1 atom stereocenters. The maximum absolute atomic E-state index is 12.4. The maximum atomic E-state index is 12.4. The molecule has 0 radical (unpaired) electrons. The van der Waals surface area contributed by atoms with Gasteiger partial charge in [0, 0.05) is 18.9 Å². The van der Waals surface area contributed by atoms with Gasteiger partial charge in [0.1, 0.15) is 17.0 Å². The van der Waals surface area contributed by atoms with E-state index in [2.05, 4.69) is 40.9 Å². The van der Waals surface area contributed by atoms with Gasteiger partial charge in [0.25, 0.3) is 0 Å². The van der Waals surface area contributed by atoms with Crippen LogP contribution in [0.3, 0.4) is 0 Å². The fraction of sp³-hybridized carbons (Fsp3) is 0.375. The zero-order valence-corrected chi connectivity index (χ0v) is 21.3. The van der Waals surface area contributed by atoms with Gasteiger partial charge in [0.05, 0.1) is 17.8 Å². The standard InChI is InChI=1S/C24H24F3N7O4S/c25-24(26,27)38-18-6-3-4-15(12-18)13-20(35)28-19-9-8-16(30-31-19)5-1-2-7-22-32-33-23(39-22)29-21(36)14-17-10-11-37-34-17/h3,6,8-12,15H,1-2,4-5,7,13-14H2,(H,28,31,35)(H,29,33,36). The van der Waals surface area contributed by atoms with Gasteiger partial charge in [-0.25, -0.2) is 0 Å². The Balaban J connectivity index is 1.14. The third kappa shape index (κ3) is 9.59. The first-order valence-corrected chi connectivity index (χ1v) is 12.8. The van der Waals surface area contributed by atoms with Crippen LogP contribution < -0.4 is 10.6 Å². The number of carbonyl (C=O) groups is 2. The van der Waals surface area contributed by atoms with Crippen LogP contribution in [0.5, 0.6) is 0 Å². The Morgan fingerprint density at radius 2 is 1.87 bits per heavy atom. The van der Waals surface area contributed by atoms with E-state index >= 15 is 0 Å². The fourth-order valence-corrected chi connectivity index (χ4v) is 4.49. The van der Waals surface area contributed by atoms with E-state index in [1.165, 1.54) is 35.8 Å². The van der Waals surface area contributed by atoms with Crippen LogP contribution in [-0.2, 0) is 33.6 Å². The molecule has 0 saturated carbocycles. The number of amides is 2. The van der Waals surface area contributed by atoms with Gasteiger partial charge >= 0.3 is 6.36 Å². The average molecular weight is 564 g/mol. The van der Waals surface area contributed by atoms with E-state index in [0.717, 1.165) is 23.5 Å². The van der Waals surface area contributed by atoms with E-state index in [1.807, 2.05) is 0 Å². The number of hydrogen-bond acceptors (Lipinski definition) is 10. The third-order valence-corrected chi connectivity index (χ3v) is 6.31. The van der Waals surface area contributed by atoms with E-state index in [9.17, 15) is 22.8 Å². The van der Waals surface area contributed by atoms with E-state index in [0.29, 0.717) is 30.1 Å². The average Bonchev–Trinajstić information content (AvgIpc) is 3.54. The van der Waals surface area contributed by atoms with Crippen molar-refractivity contribution in [3.05, 3.63) is 64.8 Å². The normalized spacial score (nSPS) is 15.1. The molecule has 3 heterocycles. The van der Waals surface area contributed by atoms with Gasteiger partial charge in [0.2, 0.25) is 16.9 Å². The van der Waals surface area contributed by atoms with Crippen molar-refractivity contribution in [1.29, 1.82) is 0 Å². The highest BCUT2D eigenvalue weighted by Crippen LogP contribution is 2.27. The number of aromatic nitrogens is 5. The summed E-state index contributed by atoms with van der Waals surface area (Å²) in [7, 11) is 0. The van der Waals surface area contributed by atoms with Crippen molar-refractivity contribution in [1.82, 2.24) is 25.6 Å². The predicted octanol–water partition coefficient (Wildman–Crippen LogP) is 4.39. The van der Waals surface area contributed by atoms with Crippen LogP contribution in [0.25, 0.3) is 0 Å². The molecule has 39 heavy (non-hydrogen) atoms. The number of alkyl halides is 3. The van der Waals surface area contributed by atoms with Crippen LogP contribution in [0.1, 0.15) is 42.1 Å². The Hall–Kier alpha value is -4.14. The zero-order chi connectivity index (χ0) is 27.7. The number of allylic oxidation sites excluding steroid dienone is 3. The molecular formula is C24H24F3N7O4S. The van der Waals surface area contributed by atoms with Gasteiger partial charge in [-0.05, 0) is 55.9 Å². The highest BCUT2D eigenvalue weighted by molar-refractivity contribution is 7.15. The monoisotopic (exact) mass is 563 g/mol. The molecule has 0 bridgehead atoms. The first-order valence-electron chi connectivity index (χ1n) is 12.0. The van der Waals surface area contributed by atoms with Crippen LogP contribution in [0.15, 0.2) is 53.0 Å². The molecule has 1 aliphatic rings. The first-order chi connectivity index (χ1) is 18.7. The summed E-state index contributed by atoms with van der Waals surface area (Å²) in [6.07, 6.45) is 4.20. The van der Waals surface area contributed by atoms with Crippen LogP contribution in [0, 0.1) is 5.92 Å². The van der Waals surface area contributed by atoms with Crippen LogP contribution in [-0.4, -0.2) is 43.7 Å². The number of nitrogens with one attached hydrogen (secondary N) is 2. The molecule has 0 saturated heterocycles. The summed E-state index contributed by atoms with van der Waals surface area (Å²) in [6.45, 7) is 0. The third-order valence-electron chi connectivity index (χ3n) is 5.41. The smallest absolute Gasteiger partial charge is 0.406 e. The first kappa shape index (κ1) is 27.9. The molecule has 3 aromatic heterocycles. The molecule has 0 fully saturated rings. The SMILES string of the molecule is O=C(CC1C=C(OC(F)(F)F)C=CC1)Nc1ccc(CCCCc2nnc(NC(=O)Cc3ccon3)s2)nn1. The molecule has 3 aromatic rings. The van der Waals surface area contributed by atoms with Crippen molar-refractivity contribution in [2.45, 2.75) is 51.3 Å².